The summed E-state index contributed by atoms with van der Waals surface area (Å²) in [6, 6.07) is 7.69. The van der Waals surface area contributed by atoms with Gasteiger partial charge in [-0.05, 0) is 29.8 Å². The van der Waals surface area contributed by atoms with E-state index in [4.69, 9.17) is 9.47 Å². The van der Waals surface area contributed by atoms with Gasteiger partial charge in [-0.15, -0.1) is 0 Å². The first-order valence-electron chi connectivity index (χ1n) is 10.1. The van der Waals surface area contributed by atoms with E-state index < -0.39 is 17.7 Å². The Kier molecular flexibility index (Phi) is 6.91. The molecule has 1 aliphatic heterocycles. The molecule has 31 heavy (non-hydrogen) atoms. The lowest BCUT2D eigenvalue weighted by molar-refractivity contribution is -0.858. The minimum Gasteiger partial charge on any atom is -0.507 e. The molecule has 164 valence electrons. The van der Waals surface area contributed by atoms with Crippen molar-refractivity contribution in [2.45, 2.75) is 12.5 Å². The van der Waals surface area contributed by atoms with E-state index in [2.05, 4.69) is 4.98 Å². The Balaban J connectivity index is 2.09. The van der Waals surface area contributed by atoms with Crippen molar-refractivity contribution in [2.24, 2.45) is 0 Å². The predicted octanol–water partition coefficient (Wildman–Crippen LogP) is 1.06. The molecule has 0 aliphatic carbocycles. The van der Waals surface area contributed by atoms with Crippen LogP contribution in [0.15, 0.2) is 48.3 Å². The molecule has 8 heteroatoms. The normalized spacial score (nSPS) is 18.0. The Morgan fingerprint density at radius 1 is 1.16 bits per heavy atom. The molecule has 0 radical (unpaired) electrons. The number of aliphatic hydroxyl groups excluding tert-OH is 1. The Hall–Kier alpha value is -3.39. The van der Waals surface area contributed by atoms with Crippen LogP contribution < -0.4 is 14.4 Å². The van der Waals surface area contributed by atoms with Crippen LogP contribution in [0.25, 0.3) is 5.76 Å². The van der Waals surface area contributed by atoms with Crippen molar-refractivity contribution in [1.29, 1.82) is 0 Å². The number of pyridine rings is 1. The number of carbonyl (C=O) groups is 2. The largest absolute Gasteiger partial charge is 0.507 e. The standard InChI is InChI=1S/C23H27N3O5/c1-25(2)11-6-12-26-20(16-7-5-10-24-14-16)19(22(28)23(26)29)21(27)15-8-9-17(30-3)18(13-15)31-4/h5,7-10,13-14,20,27H,6,11-12H2,1-4H3/p+1/b21-19+/t20-/m1/s1. The summed E-state index contributed by atoms with van der Waals surface area (Å²) >= 11 is 0. The summed E-state index contributed by atoms with van der Waals surface area (Å²) in [4.78, 5) is 32.8. The van der Waals surface area contributed by atoms with Gasteiger partial charge in [0, 0.05) is 30.9 Å². The zero-order chi connectivity index (χ0) is 22.5. The highest BCUT2D eigenvalue weighted by Gasteiger charge is 2.46. The smallest absolute Gasteiger partial charge is 0.295 e. The third kappa shape index (κ3) is 4.54. The van der Waals surface area contributed by atoms with Crippen molar-refractivity contribution < 1.29 is 29.1 Å². The molecule has 0 saturated carbocycles. The summed E-state index contributed by atoms with van der Waals surface area (Å²) in [7, 11) is 7.07. The molecule has 1 aliphatic rings. The molecule has 0 bridgehead atoms. The Bertz CT molecular complexity index is 988. The fraction of sp³-hybridized carbons (Fsp3) is 0.348. The summed E-state index contributed by atoms with van der Waals surface area (Å²) in [5, 5.41) is 11.1. The van der Waals surface area contributed by atoms with Crippen LogP contribution >= 0.6 is 0 Å². The van der Waals surface area contributed by atoms with Crippen LogP contribution in [0.5, 0.6) is 11.5 Å². The number of aromatic nitrogens is 1. The van der Waals surface area contributed by atoms with Gasteiger partial charge in [0.25, 0.3) is 11.7 Å². The van der Waals surface area contributed by atoms with Crippen molar-refractivity contribution in [3.05, 3.63) is 59.4 Å². The number of carbonyl (C=O) groups excluding carboxylic acids is 2. The average molecular weight is 426 g/mol. The van der Waals surface area contributed by atoms with Crippen molar-refractivity contribution in [1.82, 2.24) is 9.88 Å². The maximum Gasteiger partial charge on any atom is 0.295 e. The fourth-order valence-corrected chi connectivity index (χ4v) is 3.74. The van der Waals surface area contributed by atoms with E-state index in [1.807, 2.05) is 14.1 Å². The van der Waals surface area contributed by atoms with E-state index in [0.29, 0.717) is 29.2 Å². The first kappa shape index (κ1) is 22.3. The molecule has 1 fully saturated rings. The average Bonchev–Trinajstić information content (AvgIpc) is 3.03. The summed E-state index contributed by atoms with van der Waals surface area (Å²) in [5.74, 6) is -0.681. The van der Waals surface area contributed by atoms with Gasteiger partial charge in [0.05, 0.1) is 46.5 Å². The van der Waals surface area contributed by atoms with Gasteiger partial charge in [0.15, 0.2) is 11.5 Å². The van der Waals surface area contributed by atoms with E-state index in [9.17, 15) is 14.7 Å². The summed E-state index contributed by atoms with van der Waals surface area (Å²) in [6.07, 6.45) is 3.96. The fourth-order valence-electron chi connectivity index (χ4n) is 3.74. The molecular weight excluding hydrogens is 398 g/mol. The van der Waals surface area contributed by atoms with Crippen molar-refractivity contribution in [2.75, 3.05) is 41.4 Å². The third-order valence-corrected chi connectivity index (χ3v) is 5.27. The maximum atomic E-state index is 13.0. The number of rotatable bonds is 8. The number of ether oxygens (including phenoxy) is 2. The molecule has 0 spiro atoms. The van der Waals surface area contributed by atoms with E-state index in [0.717, 1.165) is 13.0 Å². The SMILES string of the molecule is COc1ccc(/C(O)=C2\C(=O)C(=O)N(CCC[NH+](C)C)[C@@H]2c2cccnc2)cc1OC. The molecule has 1 aromatic heterocycles. The second-order valence-corrected chi connectivity index (χ2v) is 7.66. The highest BCUT2D eigenvalue weighted by molar-refractivity contribution is 6.46. The van der Waals surface area contributed by atoms with Crippen LogP contribution in [0.4, 0.5) is 0 Å². The first-order chi connectivity index (χ1) is 14.9. The van der Waals surface area contributed by atoms with Gasteiger partial charge in [-0.1, -0.05) is 6.07 Å². The highest BCUT2D eigenvalue weighted by Crippen LogP contribution is 2.40. The molecule has 2 heterocycles. The van der Waals surface area contributed by atoms with E-state index in [1.165, 1.54) is 24.0 Å². The molecular formula is C23H28N3O5+. The van der Waals surface area contributed by atoms with Crippen LogP contribution in [0, 0.1) is 0 Å². The molecule has 0 unspecified atom stereocenters. The number of hydrogen-bond donors (Lipinski definition) is 2. The van der Waals surface area contributed by atoms with E-state index >= 15 is 0 Å². The quantitative estimate of drug-likeness (QED) is 0.372. The van der Waals surface area contributed by atoms with Gasteiger partial charge in [-0.25, -0.2) is 0 Å². The predicted molar refractivity (Wildman–Crippen MR) is 115 cm³/mol. The summed E-state index contributed by atoms with van der Waals surface area (Å²) in [6.45, 7) is 1.25. The van der Waals surface area contributed by atoms with Crippen LogP contribution in [0.2, 0.25) is 0 Å². The molecule has 1 aromatic carbocycles. The van der Waals surface area contributed by atoms with Crippen LogP contribution in [-0.2, 0) is 9.59 Å². The number of Topliss-reactive ketones (excluding diaryl/α,β-unsaturated/α-hetero) is 1. The first-order valence-corrected chi connectivity index (χ1v) is 10.1. The number of amides is 1. The minimum atomic E-state index is -0.710. The monoisotopic (exact) mass is 426 g/mol. The number of quaternary nitrogens is 1. The molecule has 1 atom stereocenters. The number of aliphatic hydroxyl groups is 1. The second-order valence-electron chi connectivity index (χ2n) is 7.66. The molecule has 3 rings (SSSR count). The van der Waals surface area contributed by atoms with Crippen molar-refractivity contribution in [3.8, 4) is 11.5 Å². The number of benzene rings is 1. The molecule has 8 nitrogen and oxygen atoms in total. The zero-order valence-corrected chi connectivity index (χ0v) is 18.2. The van der Waals surface area contributed by atoms with Gasteiger partial charge >= 0.3 is 0 Å². The van der Waals surface area contributed by atoms with Gasteiger partial charge in [-0.2, -0.15) is 0 Å². The highest BCUT2D eigenvalue weighted by atomic mass is 16.5. The second kappa shape index (κ2) is 9.61. The molecule has 2 N–H and O–H groups in total. The number of hydrogen-bond acceptors (Lipinski definition) is 6. The topological polar surface area (TPSA) is 93.4 Å². The maximum absolute atomic E-state index is 13.0. The van der Waals surface area contributed by atoms with Crippen LogP contribution in [0.1, 0.15) is 23.6 Å². The zero-order valence-electron chi connectivity index (χ0n) is 18.2. The van der Waals surface area contributed by atoms with Crippen LogP contribution in [-0.4, -0.2) is 68.1 Å². The molecule has 2 aromatic rings. The van der Waals surface area contributed by atoms with Crippen LogP contribution in [0.3, 0.4) is 0 Å². The lowest BCUT2D eigenvalue weighted by Gasteiger charge is -2.25. The van der Waals surface area contributed by atoms with Gasteiger partial charge in [-0.3, -0.25) is 14.6 Å². The summed E-state index contributed by atoms with van der Waals surface area (Å²) in [5.41, 5.74) is 1.07. The number of methoxy groups -OCH3 is 2. The lowest BCUT2D eigenvalue weighted by atomic mass is 9.96. The van der Waals surface area contributed by atoms with Gasteiger partial charge in [0.1, 0.15) is 5.76 Å². The van der Waals surface area contributed by atoms with E-state index in [1.54, 1.807) is 42.7 Å². The number of likely N-dealkylation sites (tertiary alicyclic amines) is 1. The number of nitrogens with zero attached hydrogens (tertiary/aromatic N) is 2. The molecule has 1 saturated heterocycles. The minimum absolute atomic E-state index is 0.0439. The number of ketones is 1. The Labute approximate surface area is 181 Å². The third-order valence-electron chi connectivity index (χ3n) is 5.27. The van der Waals surface area contributed by atoms with Gasteiger partial charge in [0.2, 0.25) is 0 Å². The lowest BCUT2D eigenvalue weighted by Crippen LogP contribution is -3.05. The number of nitrogens with one attached hydrogen (secondary N) is 1. The van der Waals surface area contributed by atoms with Crippen molar-refractivity contribution >= 4 is 17.4 Å². The van der Waals surface area contributed by atoms with Gasteiger partial charge < -0.3 is 24.4 Å². The van der Waals surface area contributed by atoms with E-state index in [-0.39, 0.29) is 11.3 Å². The Morgan fingerprint density at radius 3 is 2.52 bits per heavy atom. The molecule has 1 amide bonds. The van der Waals surface area contributed by atoms with Crippen molar-refractivity contribution in [3.63, 3.8) is 0 Å². The Morgan fingerprint density at radius 2 is 1.90 bits per heavy atom. The summed E-state index contributed by atoms with van der Waals surface area (Å²) < 4.78 is 10.6.